The van der Waals surface area contributed by atoms with Gasteiger partial charge in [-0.3, -0.25) is 9.69 Å². The monoisotopic (exact) mass is 513 g/mol. The van der Waals surface area contributed by atoms with Gasteiger partial charge >= 0.3 is 5.97 Å². The second-order valence-corrected chi connectivity index (χ2v) is 9.66. The van der Waals surface area contributed by atoms with Gasteiger partial charge in [-0.1, -0.05) is 34.1 Å². The number of hydrogen-bond acceptors (Lipinski definition) is 7. The largest absolute Gasteiger partial charge is 0.469 e. The zero-order valence-corrected chi connectivity index (χ0v) is 21.2. The summed E-state index contributed by atoms with van der Waals surface area (Å²) in [6.45, 7) is 5.89. The molecular weight excluding hydrogens is 482 g/mol. The van der Waals surface area contributed by atoms with E-state index in [-0.39, 0.29) is 18.4 Å². The number of fused-ring (bicyclic) bond motifs is 1. The van der Waals surface area contributed by atoms with Gasteiger partial charge in [-0.25, -0.2) is 4.99 Å². The van der Waals surface area contributed by atoms with Crippen LogP contribution in [-0.2, 0) is 9.53 Å². The molecule has 7 nitrogen and oxygen atoms in total. The van der Waals surface area contributed by atoms with E-state index in [1.54, 1.807) is 0 Å². The van der Waals surface area contributed by atoms with Crippen molar-refractivity contribution in [3.8, 4) is 0 Å². The zero-order valence-electron chi connectivity index (χ0n) is 19.6. The van der Waals surface area contributed by atoms with Gasteiger partial charge in [0, 0.05) is 55.0 Å². The summed E-state index contributed by atoms with van der Waals surface area (Å²) in [6, 6.07) is 16.1. The summed E-state index contributed by atoms with van der Waals surface area (Å²) in [5, 5.41) is 0. The highest BCUT2D eigenvalue weighted by atomic mass is 79.9. The van der Waals surface area contributed by atoms with E-state index in [0.717, 1.165) is 66.6 Å². The number of ether oxygens (including phenoxy) is 1. The van der Waals surface area contributed by atoms with Crippen molar-refractivity contribution in [3.63, 3.8) is 0 Å². The van der Waals surface area contributed by atoms with Crippen LogP contribution in [0.3, 0.4) is 0 Å². The summed E-state index contributed by atoms with van der Waals surface area (Å²) in [5.41, 5.74) is 2.97. The molecule has 2 aromatic rings. The molecule has 8 heteroatoms. The molecule has 0 amide bonds. The molecule has 2 heterocycles. The van der Waals surface area contributed by atoms with E-state index in [9.17, 15) is 4.79 Å². The van der Waals surface area contributed by atoms with Crippen molar-refractivity contribution in [2.75, 3.05) is 65.4 Å². The quantitative estimate of drug-likeness (QED) is 0.548. The topological polar surface area (TPSA) is 51.6 Å². The van der Waals surface area contributed by atoms with E-state index in [1.807, 2.05) is 30.3 Å². The molecule has 0 bridgehead atoms. The number of hydrogen-bond donors (Lipinski definition) is 0. The minimum absolute atomic E-state index is 0.186. The summed E-state index contributed by atoms with van der Waals surface area (Å²) in [5.74, 6) is 0.670. The number of para-hydroxylation sites is 1. The summed E-state index contributed by atoms with van der Waals surface area (Å²) in [7, 11) is 5.67. The Balaban J connectivity index is 1.68. The third kappa shape index (κ3) is 5.57. The fourth-order valence-corrected chi connectivity index (χ4v) is 4.65. The molecule has 176 valence electrons. The van der Waals surface area contributed by atoms with Crippen LogP contribution in [0, 0.1) is 0 Å². The molecule has 0 aliphatic carbocycles. The predicted molar refractivity (Wildman–Crippen MR) is 136 cm³/mol. The SMILES string of the molecule is COC(=O)CC1c2ccccc2N=C(N2CCN(CCN(C)C)CC2)N1c1ccc(Br)cc1. The molecule has 1 atom stereocenters. The lowest BCUT2D eigenvalue weighted by molar-refractivity contribution is -0.141. The normalized spacial score (nSPS) is 18.8. The predicted octanol–water partition coefficient (Wildman–Crippen LogP) is 3.74. The zero-order chi connectivity index (χ0) is 23.4. The maximum absolute atomic E-state index is 12.5. The molecule has 4 rings (SSSR count). The highest BCUT2D eigenvalue weighted by molar-refractivity contribution is 9.10. The van der Waals surface area contributed by atoms with Gasteiger partial charge in [0.15, 0.2) is 0 Å². The van der Waals surface area contributed by atoms with Gasteiger partial charge in [0.1, 0.15) is 0 Å². The van der Waals surface area contributed by atoms with E-state index in [0.29, 0.717) is 0 Å². The van der Waals surface area contributed by atoms with Gasteiger partial charge in [0.2, 0.25) is 5.96 Å². The highest BCUT2D eigenvalue weighted by Gasteiger charge is 2.36. The number of carbonyl (C=O) groups excluding carboxylic acids is 1. The standard InChI is InChI=1S/C25H32BrN5O2/c1-28(2)12-13-29-14-16-30(17-15-29)25-27-22-7-5-4-6-21(22)23(18-24(32)33-3)31(25)20-10-8-19(26)9-11-20/h4-11,23H,12-18H2,1-3H3. The van der Waals surface area contributed by atoms with Gasteiger partial charge < -0.3 is 19.4 Å². The summed E-state index contributed by atoms with van der Waals surface area (Å²) in [4.78, 5) is 26.9. The first-order chi connectivity index (χ1) is 16.0. The Labute approximate surface area is 204 Å². The third-order valence-corrected chi connectivity index (χ3v) is 6.78. The van der Waals surface area contributed by atoms with Crippen molar-refractivity contribution >= 4 is 39.2 Å². The number of guanidine groups is 1. The van der Waals surface area contributed by atoms with Crippen molar-refractivity contribution in [1.82, 2.24) is 14.7 Å². The molecule has 0 aromatic heterocycles. The molecule has 1 unspecified atom stereocenters. The fourth-order valence-electron chi connectivity index (χ4n) is 4.39. The lowest BCUT2D eigenvalue weighted by atomic mass is 9.97. The number of piperazine rings is 1. The number of carbonyl (C=O) groups is 1. The van der Waals surface area contributed by atoms with E-state index < -0.39 is 0 Å². The maximum atomic E-state index is 12.5. The first-order valence-electron chi connectivity index (χ1n) is 11.4. The van der Waals surface area contributed by atoms with Crippen molar-refractivity contribution in [1.29, 1.82) is 0 Å². The van der Waals surface area contributed by atoms with Crippen LogP contribution in [-0.4, -0.2) is 87.1 Å². The average molecular weight is 514 g/mol. The second-order valence-electron chi connectivity index (χ2n) is 8.75. The van der Waals surface area contributed by atoms with Crippen LogP contribution >= 0.6 is 15.9 Å². The molecule has 0 saturated carbocycles. The Morgan fingerprint density at radius 3 is 2.45 bits per heavy atom. The Bertz CT molecular complexity index is 987. The lowest BCUT2D eigenvalue weighted by Crippen LogP contribution is -2.55. The molecule has 1 fully saturated rings. The van der Waals surface area contributed by atoms with Crippen LogP contribution < -0.4 is 4.90 Å². The number of benzene rings is 2. The summed E-state index contributed by atoms with van der Waals surface area (Å²) >= 11 is 3.54. The molecule has 0 spiro atoms. The van der Waals surface area contributed by atoms with Crippen molar-refractivity contribution in [3.05, 3.63) is 58.6 Å². The molecule has 2 aromatic carbocycles. The maximum Gasteiger partial charge on any atom is 0.307 e. The van der Waals surface area contributed by atoms with Crippen molar-refractivity contribution in [2.24, 2.45) is 4.99 Å². The Morgan fingerprint density at radius 1 is 1.09 bits per heavy atom. The molecule has 2 aliphatic rings. The summed E-state index contributed by atoms with van der Waals surface area (Å²) in [6.07, 6.45) is 0.255. The number of nitrogens with zero attached hydrogens (tertiary/aromatic N) is 5. The molecule has 0 radical (unpaired) electrons. The number of halogens is 1. The van der Waals surface area contributed by atoms with Crippen molar-refractivity contribution in [2.45, 2.75) is 12.5 Å². The van der Waals surface area contributed by atoms with Gasteiger partial charge in [0.25, 0.3) is 0 Å². The van der Waals surface area contributed by atoms with E-state index in [1.165, 1.54) is 7.11 Å². The molecule has 2 aliphatic heterocycles. The lowest BCUT2D eigenvalue weighted by Gasteiger charge is -2.44. The number of methoxy groups -OCH3 is 1. The molecular formula is C25H32BrN5O2. The number of aliphatic imine (C=N–C) groups is 1. The number of esters is 1. The number of rotatable bonds is 6. The Morgan fingerprint density at radius 2 is 1.79 bits per heavy atom. The average Bonchev–Trinajstić information content (AvgIpc) is 2.83. The van der Waals surface area contributed by atoms with Gasteiger partial charge in [-0.2, -0.15) is 0 Å². The molecule has 0 N–H and O–H groups in total. The van der Waals surface area contributed by atoms with Crippen LogP contribution in [0.5, 0.6) is 0 Å². The van der Waals surface area contributed by atoms with Gasteiger partial charge in [-0.15, -0.1) is 0 Å². The van der Waals surface area contributed by atoms with Crippen LogP contribution in [0.4, 0.5) is 11.4 Å². The van der Waals surface area contributed by atoms with E-state index >= 15 is 0 Å². The van der Waals surface area contributed by atoms with Crippen LogP contribution in [0.2, 0.25) is 0 Å². The van der Waals surface area contributed by atoms with Crippen LogP contribution in [0.25, 0.3) is 0 Å². The Hall–Kier alpha value is -2.42. The van der Waals surface area contributed by atoms with Gasteiger partial charge in [-0.05, 0) is 44.4 Å². The van der Waals surface area contributed by atoms with Crippen molar-refractivity contribution < 1.29 is 9.53 Å². The van der Waals surface area contributed by atoms with E-state index in [4.69, 9.17) is 9.73 Å². The highest BCUT2D eigenvalue weighted by Crippen LogP contribution is 2.40. The van der Waals surface area contributed by atoms with Gasteiger partial charge in [0.05, 0.1) is 25.3 Å². The number of anilines is 1. The first kappa shape index (κ1) is 23.7. The first-order valence-corrected chi connectivity index (χ1v) is 12.2. The third-order valence-electron chi connectivity index (χ3n) is 6.25. The van der Waals surface area contributed by atoms with Crippen LogP contribution in [0.1, 0.15) is 18.0 Å². The molecule has 33 heavy (non-hydrogen) atoms. The smallest absolute Gasteiger partial charge is 0.307 e. The number of likely N-dealkylation sites (N-methyl/N-ethyl adjacent to an activating group) is 1. The minimum Gasteiger partial charge on any atom is -0.469 e. The summed E-state index contributed by atoms with van der Waals surface area (Å²) < 4.78 is 6.09. The molecule has 1 saturated heterocycles. The van der Waals surface area contributed by atoms with Crippen LogP contribution in [0.15, 0.2) is 58.0 Å². The fraction of sp³-hybridized carbons (Fsp3) is 0.440. The second kappa shape index (κ2) is 10.7. The van der Waals surface area contributed by atoms with E-state index in [2.05, 4.69) is 67.8 Å². The minimum atomic E-state index is -0.230. The Kier molecular flexibility index (Phi) is 7.67.